The van der Waals surface area contributed by atoms with Gasteiger partial charge in [0.1, 0.15) is 17.1 Å². The summed E-state index contributed by atoms with van der Waals surface area (Å²) < 4.78 is 15.4. The first-order valence-electron chi connectivity index (χ1n) is 6.24. The van der Waals surface area contributed by atoms with Gasteiger partial charge in [0, 0.05) is 6.54 Å². The first-order chi connectivity index (χ1) is 9.54. The van der Waals surface area contributed by atoms with Gasteiger partial charge < -0.3 is 19.5 Å². The first-order valence-corrected chi connectivity index (χ1v) is 6.24. The van der Waals surface area contributed by atoms with Crippen molar-refractivity contribution in [1.82, 2.24) is 5.32 Å². The Hall–Kier alpha value is -2.24. The molecule has 110 valence electrons. The summed E-state index contributed by atoms with van der Waals surface area (Å²) in [6.45, 7) is 3.76. The van der Waals surface area contributed by atoms with Crippen LogP contribution in [0.3, 0.4) is 0 Å². The van der Waals surface area contributed by atoms with Crippen LogP contribution >= 0.6 is 0 Å². The molecule has 6 heteroatoms. The number of carbonyl (C=O) groups excluding carboxylic acids is 2. The highest BCUT2D eigenvalue weighted by Crippen LogP contribution is 2.29. The Morgan fingerprint density at radius 2 is 1.75 bits per heavy atom. The Labute approximate surface area is 118 Å². The zero-order valence-corrected chi connectivity index (χ0v) is 12.1. The van der Waals surface area contributed by atoms with Crippen LogP contribution in [0.5, 0.6) is 11.5 Å². The molecule has 1 aromatic carbocycles. The molecule has 0 heterocycles. The Morgan fingerprint density at radius 3 is 2.20 bits per heavy atom. The highest BCUT2D eigenvalue weighted by molar-refractivity contribution is 5.97. The maximum atomic E-state index is 12.2. The molecule has 0 saturated heterocycles. The molecular formula is C14H19NO5. The molecule has 0 bridgehead atoms. The van der Waals surface area contributed by atoms with Gasteiger partial charge in [0.15, 0.2) is 6.10 Å². The van der Waals surface area contributed by atoms with Crippen LogP contribution in [0, 0.1) is 0 Å². The number of carbonyl (C=O) groups is 2. The van der Waals surface area contributed by atoms with Crippen molar-refractivity contribution in [3.05, 3.63) is 23.8 Å². The molecule has 1 N–H and O–H groups in total. The minimum absolute atomic E-state index is 0.161. The number of nitrogens with one attached hydrogen (secondary N) is 1. The van der Waals surface area contributed by atoms with Gasteiger partial charge in [-0.25, -0.2) is 4.79 Å². The second kappa shape index (κ2) is 7.37. The second-order valence-corrected chi connectivity index (χ2v) is 3.98. The van der Waals surface area contributed by atoms with Gasteiger partial charge >= 0.3 is 5.97 Å². The van der Waals surface area contributed by atoms with Gasteiger partial charge in [-0.15, -0.1) is 0 Å². The van der Waals surface area contributed by atoms with Crippen LogP contribution in [0.1, 0.15) is 24.2 Å². The molecule has 20 heavy (non-hydrogen) atoms. The number of hydrogen-bond donors (Lipinski definition) is 1. The number of esters is 1. The fraction of sp³-hybridized carbons (Fsp3) is 0.429. The molecule has 0 radical (unpaired) electrons. The van der Waals surface area contributed by atoms with E-state index in [1.54, 1.807) is 25.1 Å². The van der Waals surface area contributed by atoms with Crippen LogP contribution in [0.15, 0.2) is 18.2 Å². The summed E-state index contributed by atoms with van der Waals surface area (Å²) in [6.07, 6.45) is -0.892. The largest absolute Gasteiger partial charge is 0.496 e. The Bertz CT molecular complexity index is 464. The first kappa shape index (κ1) is 15.8. The summed E-state index contributed by atoms with van der Waals surface area (Å²) in [7, 11) is 2.89. The number of likely N-dealkylation sites (N-methyl/N-ethyl adjacent to an activating group) is 1. The van der Waals surface area contributed by atoms with Crippen molar-refractivity contribution in [2.45, 2.75) is 20.0 Å². The monoisotopic (exact) mass is 281 g/mol. The lowest BCUT2D eigenvalue weighted by Gasteiger charge is -2.15. The molecule has 1 aromatic rings. The fourth-order valence-corrected chi connectivity index (χ4v) is 1.64. The summed E-state index contributed by atoms with van der Waals surface area (Å²) >= 11 is 0. The molecule has 1 amide bonds. The average molecular weight is 281 g/mol. The number of hydrogen-bond acceptors (Lipinski definition) is 5. The normalized spacial score (nSPS) is 11.4. The van der Waals surface area contributed by atoms with Gasteiger partial charge in [-0.05, 0) is 26.0 Å². The lowest BCUT2D eigenvalue weighted by atomic mass is 10.1. The maximum absolute atomic E-state index is 12.2. The van der Waals surface area contributed by atoms with Crippen LogP contribution < -0.4 is 14.8 Å². The quantitative estimate of drug-likeness (QED) is 0.797. The summed E-state index contributed by atoms with van der Waals surface area (Å²) in [4.78, 5) is 23.7. The third-order valence-corrected chi connectivity index (χ3v) is 2.64. The number of ether oxygens (including phenoxy) is 3. The van der Waals surface area contributed by atoms with Crippen molar-refractivity contribution in [2.75, 3.05) is 20.8 Å². The van der Waals surface area contributed by atoms with Crippen molar-refractivity contribution < 1.29 is 23.8 Å². The topological polar surface area (TPSA) is 73.9 Å². The minimum Gasteiger partial charge on any atom is -0.496 e. The van der Waals surface area contributed by atoms with Gasteiger partial charge in [-0.1, -0.05) is 6.07 Å². The number of benzene rings is 1. The van der Waals surface area contributed by atoms with Crippen LogP contribution in [-0.2, 0) is 9.53 Å². The molecule has 0 fully saturated rings. The molecule has 0 aromatic heterocycles. The molecule has 0 unspecified atom stereocenters. The van der Waals surface area contributed by atoms with E-state index in [1.165, 1.54) is 21.1 Å². The molecule has 6 nitrogen and oxygen atoms in total. The average Bonchev–Trinajstić information content (AvgIpc) is 2.46. The van der Waals surface area contributed by atoms with Gasteiger partial charge in [-0.3, -0.25) is 4.79 Å². The number of amides is 1. The highest BCUT2D eigenvalue weighted by atomic mass is 16.6. The lowest BCUT2D eigenvalue weighted by Crippen LogP contribution is -2.35. The van der Waals surface area contributed by atoms with Gasteiger partial charge in [0.25, 0.3) is 5.91 Å². The van der Waals surface area contributed by atoms with Crippen molar-refractivity contribution in [3.8, 4) is 11.5 Å². The molecular weight excluding hydrogens is 262 g/mol. The Kier molecular flexibility index (Phi) is 5.83. The van der Waals surface area contributed by atoms with E-state index in [-0.39, 0.29) is 11.5 Å². The third kappa shape index (κ3) is 3.63. The van der Waals surface area contributed by atoms with Crippen molar-refractivity contribution in [1.29, 1.82) is 0 Å². The Balaban J connectivity index is 2.94. The smallest absolute Gasteiger partial charge is 0.346 e. The molecule has 0 aliphatic heterocycles. The van der Waals surface area contributed by atoms with Crippen molar-refractivity contribution in [2.24, 2.45) is 0 Å². The van der Waals surface area contributed by atoms with Crippen molar-refractivity contribution in [3.63, 3.8) is 0 Å². The second-order valence-electron chi connectivity index (χ2n) is 3.98. The standard InChI is InChI=1S/C14H19NO5/c1-5-15-13(16)9(2)20-14(17)12-10(18-3)7-6-8-11(12)19-4/h6-9H,5H2,1-4H3,(H,15,16)/t9-/m1/s1. The highest BCUT2D eigenvalue weighted by Gasteiger charge is 2.24. The van der Waals surface area contributed by atoms with Crippen LogP contribution in [-0.4, -0.2) is 38.7 Å². The van der Waals surface area contributed by atoms with E-state index in [0.29, 0.717) is 18.0 Å². The molecule has 0 saturated carbocycles. The van der Waals surface area contributed by atoms with E-state index >= 15 is 0 Å². The summed E-state index contributed by atoms with van der Waals surface area (Å²) in [6, 6.07) is 4.94. The van der Waals surface area contributed by atoms with E-state index in [0.717, 1.165) is 0 Å². The van der Waals surface area contributed by atoms with Crippen molar-refractivity contribution >= 4 is 11.9 Å². The van der Waals surface area contributed by atoms with Crippen LogP contribution in [0.25, 0.3) is 0 Å². The zero-order valence-electron chi connectivity index (χ0n) is 12.1. The van der Waals surface area contributed by atoms with E-state index in [9.17, 15) is 9.59 Å². The van der Waals surface area contributed by atoms with Gasteiger partial charge in [0.05, 0.1) is 14.2 Å². The molecule has 1 atom stereocenters. The predicted octanol–water partition coefficient (Wildman–Crippen LogP) is 1.39. The molecule has 0 spiro atoms. The maximum Gasteiger partial charge on any atom is 0.346 e. The number of rotatable bonds is 6. The fourth-order valence-electron chi connectivity index (χ4n) is 1.64. The SMILES string of the molecule is CCNC(=O)[C@@H](C)OC(=O)c1c(OC)cccc1OC. The molecule has 0 aliphatic rings. The van der Waals surface area contributed by atoms with E-state index in [2.05, 4.69) is 5.32 Å². The van der Waals surface area contributed by atoms with Crippen LogP contribution in [0.2, 0.25) is 0 Å². The van der Waals surface area contributed by atoms with E-state index in [1.807, 2.05) is 0 Å². The Morgan fingerprint density at radius 1 is 1.20 bits per heavy atom. The molecule has 1 rings (SSSR count). The van der Waals surface area contributed by atoms with Gasteiger partial charge in [-0.2, -0.15) is 0 Å². The van der Waals surface area contributed by atoms with Crippen LogP contribution in [0.4, 0.5) is 0 Å². The van der Waals surface area contributed by atoms with Gasteiger partial charge in [0.2, 0.25) is 0 Å². The van der Waals surface area contributed by atoms with E-state index < -0.39 is 12.1 Å². The minimum atomic E-state index is -0.892. The summed E-state index contributed by atoms with van der Waals surface area (Å²) in [5, 5.41) is 2.58. The number of methoxy groups -OCH3 is 2. The summed E-state index contributed by atoms with van der Waals surface area (Å²) in [5.41, 5.74) is 0.161. The predicted molar refractivity (Wildman–Crippen MR) is 73.1 cm³/mol. The third-order valence-electron chi connectivity index (χ3n) is 2.64. The summed E-state index contributed by atoms with van der Waals surface area (Å²) in [5.74, 6) is -0.359. The molecule has 0 aliphatic carbocycles. The zero-order chi connectivity index (χ0) is 15.1. The van der Waals surface area contributed by atoms with E-state index in [4.69, 9.17) is 14.2 Å². The lowest BCUT2D eigenvalue weighted by molar-refractivity contribution is -0.128.